The third-order valence-electron chi connectivity index (χ3n) is 4.70. The normalized spacial score (nSPS) is 17.4. The third-order valence-corrected chi connectivity index (χ3v) is 5.89. The van der Waals surface area contributed by atoms with Crippen LogP contribution >= 0.6 is 11.3 Å². The molecule has 4 rings (SSSR count). The molecule has 134 valence electrons. The van der Waals surface area contributed by atoms with Crippen molar-refractivity contribution in [3.63, 3.8) is 0 Å². The molecule has 1 fully saturated rings. The number of carbonyl (C=O) groups excluding carboxylic acids is 1. The van der Waals surface area contributed by atoms with E-state index in [9.17, 15) is 9.59 Å². The van der Waals surface area contributed by atoms with E-state index in [1.807, 2.05) is 18.2 Å². The van der Waals surface area contributed by atoms with E-state index in [4.69, 9.17) is 9.72 Å². The summed E-state index contributed by atoms with van der Waals surface area (Å²) in [5, 5.41) is 1.08. The van der Waals surface area contributed by atoms with Crippen LogP contribution in [0.15, 0.2) is 41.3 Å². The summed E-state index contributed by atoms with van der Waals surface area (Å²) in [6, 6.07) is 9.40. The number of nitrogens with zero attached hydrogens (tertiary/aromatic N) is 2. The second-order valence-electron chi connectivity index (χ2n) is 6.39. The molecule has 0 saturated carbocycles. The molecule has 0 spiro atoms. The van der Waals surface area contributed by atoms with E-state index >= 15 is 0 Å². The lowest BCUT2D eigenvalue weighted by Crippen LogP contribution is -2.39. The highest BCUT2D eigenvalue weighted by atomic mass is 32.1. The van der Waals surface area contributed by atoms with Crippen molar-refractivity contribution in [3.05, 3.63) is 57.5 Å². The Morgan fingerprint density at radius 3 is 3.00 bits per heavy atom. The maximum absolute atomic E-state index is 12.8. The van der Waals surface area contributed by atoms with Crippen LogP contribution in [0, 0.1) is 0 Å². The lowest BCUT2D eigenvalue weighted by molar-refractivity contribution is 0.0701. The highest BCUT2D eigenvalue weighted by molar-refractivity contribution is 7.18. The van der Waals surface area contributed by atoms with Gasteiger partial charge in [-0.3, -0.25) is 9.59 Å². The Bertz CT molecular complexity index is 977. The van der Waals surface area contributed by atoms with Crippen molar-refractivity contribution in [1.82, 2.24) is 14.9 Å². The second kappa shape index (κ2) is 6.92. The Kier molecular flexibility index (Phi) is 4.46. The molecular weight excluding hydrogens is 350 g/mol. The average molecular weight is 369 g/mol. The number of para-hydroxylation sites is 1. The quantitative estimate of drug-likeness (QED) is 0.770. The molecule has 2 aromatic heterocycles. The number of aromatic nitrogens is 2. The zero-order valence-corrected chi connectivity index (χ0v) is 15.2. The Hall–Kier alpha value is -2.67. The van der Waals surface area contributed by atoms with Gasteiger partial charge in [0.15, 0.2) is 5.75 Å². The first-order chi connectivity index (χ1) is 12.7. The van der Waals surface area contributed by atoms with Gasteiger partial charge in [-0.25, -0.2) is 4.98 Å². The van der Waals surface area contributed by atoms with Gasteiger partial charge in [0.05, 0.1) is 22.3 Å². The third kappa shape index (κ3) is 3.10. The first-order valence-corrected chi connectivity index (χ1v) is 9.39. The molecule has 1 saturated heterocycles. The van der Waals surface area contributed by atoms with Crippen molar-refractivity contribution < 1.29 is 9.53 Å². The number of fused-ring (bicyclic) bond motifs is 1. The van der Waals surface area contributed by atoms with E-state index in [1.54, 1.807) is 16.2 Å². The standard InChI is InChI=1S/C19H19N3O3S/c1-25-16-10-20-14(9-15(16)23)19(24)22-8-4-5-12(11-22)18-21-13-6-2-3-7-17(13)26-18/h2-3,6-7,9-10,12H,4-5,8,11H2,1H3,(H,20,23)/t12-/m0/s1. The molecule has 26 heavy (non-hydrogen) atoms. The van der Waals surface area contributed by atoms with Gasteiger partial charge >= 0.3 is 0 Å². The number of aromatic amines is 1. The molecule has 3 aromatic rings. The second-order valence-corrected chi connectivity index (χ2v) is 7.45. The molecule has 1 amide bonds. The van der Waals surface area contributed by atoms with Crippen molar-refractivity contribution in [2.75, 3.05) is 20.2 Å². The molecule has 1 N–H and O–H groups in total. The highest BCUT2D eigenvalue weighted by Gasteiger charge is 2.28. The molecule has 0 bridgehead atoms. The van der Waals surface area contributed by atoms with Gasteiger partial charge in [0.25, 0.3) is 5.91 Å². The topological polar surface area (TPSA) is 75.3 Å². The Balaban J connectivity index is 1.55. The molecule has 0 aliphatic carbocycles. The van der Waals surface area contributed by atoms with Gasteiger partial charge in [-0.05, 0) is 25.0 Å². The van der Waals surface area contributed by atoms with Crippen molar-refractivity contribution in [1.29, 1.82) is 0 Å². The van der Waals surface area contributed by atoms with Crippen molar-refractivity contribution in [2.24, 2.45) is 0 Å². The van der Waals surface area contributed by atoms with E-state index in [1.165, 1.54) is 24.1 Å². The summed E-state index contributed by atoms with van der Waals surface area (Å²) >= 11 is 1.70. The fourth-order valence-corrected chi connectivity index (χ4v) is 4.43. The summed E-state index contributed by atoms with van der Waals surface area (Å²) in [6.45, 7) is 1.31. The van der Waals surface area contributed by atoms with Crippen LogP contribution in [0.2, 0.25) is 0 Å². The van der Waals surface area contributed by atoms with Crippen LogP contribution in [-0.4, -0.2) is 41.0 Å². The number of thiazole rings is 1. The number of piperidine rings is 1. The smallest absolute Gasteiger partial charge is 0.270 e. The number of pyridine rings is 1. The van der Waals surface area contributed by atoms with E-state index in [0.29, 0.717) is 18.8 Å². The fraction of sp³-hybridized carbons (Fsp3) is 0.316. The number of methoxy groups -OCH3 is 1. The zero-order chi connectivity index (χ0) is 18.1. The summed E-state index contributed by atoms with van der Waals surface area (Å²) in [6.07, 6.45) is 3.37. The van der Waals surface area contributed by atoms with Gasteiger partial charge in [0.1, 0.15) is 5.69 Å². The van der Waals surface area contributed by atoms with Crippen LogP contribution in [-0.2, 0) is 0 Å². The van der Waals surface area contributed by atoms with Crippen LogP contribution in [0.25, 0.3) is 10.2 Å². The fourth-order valence-electron chi connectivity index (χ4n) is 3.34. The number of ether oxygens (including phenoxy) is 1. The van der Waals surface area contributed by atoms with Gasteiger partial charge in [0, 0.05) is 31.3 Å². The summed E-state index contributed by atoms with van der Waals surface area (Å²) in [7, 11) is 1.43. The van der Waals surface area contributed by atoms with Crippen LogP contribution in [0.1, 0.15) is 34.3 Å². The number of H-pyrrole nitrogens is 1. The Morgan fingerprint density at radius 1 is 1.38 bits per heavy atom. The number of nitrogens with one attached hydrogen (secondary N) is 1. The molecule has 1 aliphatic heterocycles. The maximum atomic E-state index is 12.8. The molecule has 6 nitrogen and oxygen atoms in total. The number of carbonyl (C=O) groups is 1. The maximum Gasteiger partial charge on any atom is 0.270 e. The summed E-state index contributed by atoms with van der Waals surface area (Å²) in [5.74, 6) is 0.276. The minimum absolute atomic E-state index is 0.157. The van der Waals surface area contributed by atoms with Crippen LogP contribution in [0.5, 0.6) is 5.75 Å². The first kappa shape index (κ1) is 16.8. The van der Waals surface area contributed by atoms with Gasteiger partial charge < -0.3 is 14.6 Å². The molecule has 1 aliphatic rings. The van der Waals surface area contributed by atoms with Gasteiger partial charge in [0.2, 0.25) is 5.43 Å². The predicted octanol–water partition coefficient (Wildman–Crippen LogP) is 3.01. The number of amides is 1. The van der Waals surface area contributed by atoms with Crippen LogP contribution in [0.3, 0.4) is 0 Å². The van der Waals surface area contributed by atoms with Crippen molar-refractivity contribution >= 4 is 27.5 Å². The van der Waals surface area contributed by atoms with Crippen LogP contribution < -0.4 is 10.2 Å². The molecule has 0 radical (unpaired) electrons. The predicted molar refractivity (Wildman–Crippen MR) is 101 cm³/mol. The number of hydrogen-bond donors (Lipinski definition) is 1. The zero-order valence-electron chi connectivity index (χ0n) is 14.4. The molecule has 7 heteroatoms. The van der Waals surface area contributed by atoms with E-state index < -0.39 is 0 Å². The Labute approximate surface area is 154 Å². The SMILES string of the molecule is COc1c[nH]c(C(=O)N2CCC[C@H](c3nc4ccccc4s3)C2)cc1=O. The van der Waals surface area contributed by atoms with Crippen molar-refractivity contribution in [3.8, 4) is 5.75 Å². The van der Waals surface area contributed by atoms with E-state index in [-0.39, 0.29) is 23.0 Å². The van der Waals surface area contributed by atoms with Gasteiger partial charge in [-0.1, -0.05) is 12.1 Å². The van der Waals surface area contributed by atoms with E-state index in [2.05, 4.69) is 11.1 Å². The summed E-state index contributed by atoms with van der Waals surface area (Å²) < 4.78 is 6.13. The van der Waals surface area contributed by atoms with Gasteiger partial charge in [-0.2, -0.15) is 0 Å². The molecule has 3 heterocycles. The minimum Gasteiger partial charge on any atom is -0.491 e. The molecule has 1 atom stereocenters. The molecular formula is C19H19N3O3S. The molecule has 1 aromatic carbocycles. The number of likely N-dealkylation sites (tertiary alicyclic amines) is 1. The lowest BCUT2D eigenvalue weighted by Gasteiger charge is -2.31. The van der Waals surface area contributed by atoms with Crippen LogP contribution in [0.4, 0.5) is 0 Å². The average Bonchev–Trinajstić information content (AvgIpc) is 3.12. The summed E-state index contributed by atoms with van der Waals surface area (Å²) in [4.78, 5) is 34.1. The highest BCUT2D eigenvalue weighted by Crippen LogP contribution is 2.33. The number of benzene rings is 1. The minimum atomic E-state index is -0.297. The largest absolute Gasteiger partial charge is 0.491 e. The van der Waals surface area contributed by atoms with Crippen molar-refractivity contribution in [2.45, 2.75) is 18.8 Å². The van der Waals surface area contributed by atoms with E-state index in [0.717, 1.165) is 23.4 Å². The number of hydrogen-bond acceptors (Lipinski definition) is 5. The summed E-state index contributed by atoms with van der Waals surface area (Å²) in [5.41, 5.74) is 1.01. The number of rotatable bonds is 3. The first-order valence-electron chi connectivity index (χ1n) is 8.57. The van der Waals surface area contributed by atoms with Gasteiger partial charge in [-0.15, -0.1) is 11.3 Å². The lowest BCUT2D eigenvalue weighted by atomic mass is 9.98. The Morgan fingerprint density at radius 2 is 2.23 bits per heavy atom. The molecule has 0 unspecified atom stereocenters. The monoisotopic (exact) mass is 369 g/mol.